The van der Waals surface area contributed by atoms with Crippen molar-refractivity contribution in [1.82, 2.24) is 0 Å². The molecule has 0 N–H and O–H groups in total. The Morgan fingerprint density at radius 2 is 2.20 bits per heavy atom. The Morgan fingerprint density at radius 1 is 1.40 bits per heavy atom. The van der Waals surface area contributed by atoms with Gasteiger partial charge in [-0.2, -0.15) is 0 Å². The van der Waals surface area contributed by atoms with Crippen LogP contribution < -0.4 is 9.84 Å². The van der Waals surface area contributed by atoms with Crippen LogP contribution in [0.2, 0.25) is 0 Å². The minimum Gasteiger partial charge on any atom is -0.545 e. The van der Waals surface area contributed by atoms with Gasteiger partial charge in [-0.1, -0.05) is 30.4 Å². The number of hydrogen-bond acceptors (Lipinski definition) is 3. The van der Waals surface area contributed by atoms with Crippen LogP contribution in [0.25, 0.3) is 6.08 Å². The number of carboxylic acid groups (broad SMARTS) is 1. The Bertz CT molecular complexity index is 392. The van der Waals surface area contributed by atoms with Gasteiger partial charge in [-0.25, -0.2) is 0 Å². The first-order valence-corrected chi connectivity index (χ1v) is 4.42. The van der Waals surface area contributed by atoms with Crippen LogP contribution in [-0.4, -0.2) is 13.1 Å². The van der Waals surface area contributed by atoms with Crippen LogP contribution in [0.4, 0.5) is 0 Å². The lowest BCUT2D eigenvalue weighted by Gasteiger charge is -1.99. The van der Waals surface area contributed by atoms with E-state index in [1.165, 1.54) is 6.08 Å². The van der Waals surface area contributed by atoms with Crippen molar-refractivity contribution in [2.24, 2.45) is 0 Å². The van der Waals surface area contributed by atoms with Crippen LogP contribution in [0.3, 0.4) is 0 Å². The van der Waals surface area contributed by atoms with Gasteiger partial charge in [0.15, 0.2) is 0 Å². The Labute approximate surface area is 88.3 Å². The van der Waals surface area contributed by atoms with Gasteiger partial charge >= 0.3 is 0 Å². The summed E-state index contributed by atoms with van der Waals surface area (Å²) < 4.78 is 5.04. The van der Waals surface area contributed by atoms with Gasteiger partial charge in [-0.05, 0) is 23.8 Å². The monoisotopic (exact) mass is 203 g/mol. The van der Waals surface area contributed by atoms with Crippen LogP contribution in [0.5, 0.6) is 5.75 Å². The lowest BCUT2D eigenvalue weighted by Crippen LogP contribution is -2.18. The molecule has 15 heavy (non-hydrogen) atoms. The van der Waals surface area contributed by atoms with E-state index in [0.717, 1.165) is 17.4 Å². The highest BCUT2D eigenvalue weighted by molar-refractivity contribution is 5.78. The fourth-order valence-electron chi connectivity index (χ4n) is 1.05. The topological polar surface area (TPSA) is 49.4 Å². The van der Waals surface area contributed by atoms with Crippen LogP contribution >= 0.6 is 0 Å². The minimum atomic E-state index is -1.20. The van der Waals surface area contributed by atoms with E-state index in [9.17, 15) is 9.90 Å². The van der Waals surface area contributed by atoms with Gasteiger partial charge in [0, 0.05) is 0 Å². The number of hydrogen-bond donors (Lipinski definition) is 0. The second kappa shape index (κ2) is 5.65. The van der Waals surface area contributed by atoms with E-state index in [1.807, 2.05) is 24.3 Å². The largest absolute Gasteiger partial charge is 0.545 e. The summed E-state index contributed by atoms with van der Waals surface area (Å²) >= 11 is 0. The molecular formula is C12H11O3-. The molecule has 0 aliphatic carbocycles. The predicted molar refractivity (Wildman–Crippen MR) is 56.2 cm³/mol. The number of aliphatic carboxylic acids is 1. The summed E-state index contributed by atoms with van der Waals surface area (Å²) in [4.78, 5) is 10.1. The summed E-state index contributed by atoms with van der Waals surface area (Å²) in [7, 11) is 1.60. The van der Waals surface area contributed by atoms with Crippen molar-refractivity contribution in [2.75, 3.05) is 7.11 Å². The number of rotatable bonds is 4. The molecule has 0 saturated carbocycles. The molecule has 0 aliphatic heterocycles. The van der Waals surface area contributed by atoms with E-state index in [2.05, 4.69) is 0 Å². The average molecular weight is 203 g/mol. The quantitative estimate of drug-likeness (QED) is 0.542. The number of ether oxygens (including phenoxy) is 1. The molecule has 1 rings (SSSR count). The second-order valence-corrected chi connectivity index (χ2v) is 2.81. The molecule has 0 aliphatic rings. The fraction of sp³-hybridized carbons (Fsp3) is 0.0833. The molecule has 3 heteroatoms. The standard InChI is InChI=1S/C12H12O3/c1-15-11-7-4-6-10(9-11)5-2-3-8-12(13)14/h2-9H,1H3,(H,13,14)/p-1/b5-2-,8-3-. The van der Waals surface area contributed by atoms with Crippen molar-refractivity contribution in [1.29, 1.82) is 0 Å². The number of carbonyl (C=O) groups excluding carboxylic acids is 1. The number of allylic oxidation sites excluding steroid dienone is 2. The zero-order chi connectivity index (χ0) is 11.1. The molecule has 0 fully saturated rings. The molecule has 0 saturated heterocycles. The average Bonchev–Trinajstić information content (AvgIpc) is 2.24. The van der Waals surface area contributed by atoms with Crippen LogP contribution in [0, 0.1) is 0 Å². The van der Waals surface area contributed by atoms with Gasteiger partial charge in [-0.3, -0.25) is 0 Å². The third-order valence-electron chi connectivity index (χ3n) is 1.73. The summed E-state index contributed by atoms with van der Waals surface area (Å²) in [5, 5.41) is 10.1. The molecular weight excluding hydrogens is 192 g/mol. The second-order valence-electron chi connectivity index (χ2n) is 2.81. The molecule has 0 aromatic heterocycles. The first-order valence-electron chi connectivity index (χ1n) is 4.42. The number of carboxylic acids is 1. The van der Waals surface area contributed by atoms with Crippen molar-refractivity contribution in [3.05, 3.63) is 48.1 Å². The first-order chi connectivity index (χ1) is 7.22. The first kappa shape index (κ1) is 11.0. The zero-order valence-electron chi connectivity index (χ0n) is 8.34. The van der Waals surface area contributed by atoms with Crippen molar-refractivity contribution in [3.8, 4) is 5.75 Å². The van der Waals surface area contributed by atoms with Gasteiger partial charge < -0.3 is 14.6 Å². The van der Waals surface area contributed by atoms with E-state index < -0.39 is 5.97 Å². The third-order valence-corrected chi connectivity index (χ3v) is 1.73. The normalized spacial score (nSPS) is 11.0. The van der Waals surface area contributed by atoms with E-state index in [1.54, 1.807) is 19.3 Å². The summed E-state index contributed by atoms with van der Waals surface area (Å²) in [6.45, 7) is 0. The smallest absolute Gasteiger partial charge is 0.119 e. The molecule has 78 valence electrons. The maximum absolute atomic E-state index is 10.1. The van der Waals surface area contributed by atoms with Gasteiger partial charge in [0.2, 0.25) is 0 Å². The van der Waals surface area contributed by atoms with E-state index in [4.69, 9.17) is 4.74 Å². The van der Waals surface area contributed by atoms with E-state index >= 15 is 0 Å². The summed E-state index contributed by atoms with van der Waals surface area (Å²) in [6, 6.07) is 7.45. The van der Waals surface area contributed by atoms with Crippen LogP contribution in [0.15, 0.2) is 42.5 Å². The number of carbonyl (C=O) groups is 1. The molecule has 1 aromatic carbocycles. The molecule has 0 amide bonds. The summed E-state index contributed by atoms with van der Waals surface area (Å²) in [5.41, 5.74) is 0.942. The predicted octanol–water partition coefficient (Wildman–Crippen LogP) is 1.01. The minimum absolute atomic E-state index is 0.765. The Kier molecular flexibility index (Phi) is 4.16. The van der Waals surface area contributed by atoms with Crippen molar-refractivity contribution >= 4 is 12.0 Å². The number of benzene rings is 1. The highest BCUT2D eigenvalue weighted by Crippen LogP contribution is 2.13. The van der Waals surface area contributed by atoms with Crippen molar-refractivity contribution in [2.45, 2.75) is 0 Å². The van der Waals surface area contributed by atoms with Gasteiger partial charge in [0.05, 0.1) is 13.1 Å². The highest BCUT2D eigenvalue weighted by Gasteiger charge is 1.89. The molecule has 3 nitrogen and oxygen atoms in total. The summed E-state index contributed by atoms with van der Waals surface area (Å²) in [5.74, 6) is -0.439. The highest BCUT2D eigenvalue weighted by atomic mass is 16.5. The van der Waals surface area contributed by atoms with Gasteiger partial charge in [0.25, 0.3) is 0 Å². The van der Waals surface area contributed by atoms with Crippen molar-refractivity contribution in [3.63, 3.8) is 0 Å². The maximum atomic E-state index is 10.1. The van der Waals surface area contributed by atoms with Crippen molar-refractivity contribution < 1.29 is 14.6 Å². The maximum Gasteiger partial charge on any atom is 0.119 e. The Morgan fingerprint density at radius 3 is 2.87 bits per heavy atom. The SMILES string of the molecule is COc1cccc(/C=C\C=C/C(=O)[O-])c1. The van der Waals surface area contributed by atoms with Crippen LogP contribution in [-0.2, 0) is 4.79 Å². The number of methoxy groups -OCH3 is 1. The Hall–Kier alpha value is -2.03. The molecule has 1 aromatic rings. The lowest BCUT2D eigenvalue weighted by molar-refractivity contribution is -0.297. The van der Waals surface area contributed by atoms with Gasteiger partial charge in [0.1, 0.15) is 5.75 Å². The molecule has 0 unspecified atom stereocenters. The fourth-order valence-corrected chi connectivity index (χ4v) is 1.05. The van der Waals surface area contributed by atoms with Gasteiger partial charge in [-0.15, -0.1) is 0 Å². The molecule has 0 atom stereocenters. The Balaban J connectivity index is 2.67. The molecule has 0 radical (unpaired) electrons. The molecule has 0 bridgehead atoms. The molecule has 0 heterocycles. The molecule has 0 spiro atoms. The third kappa shape index (κ3) is 4.13. The summed E-state index contributed by atoms with van der Waals surface area (Å²) in [6.07, 6.45) is 5.79. The zero-order valence-corrected chi connectivity index (χ0v) is 8.34. The lowest BCUT2D eigenvalue weighted by atomic mass is 10.2. The van der Waals surface area contributed by atoms with E-state index in [0.29, 0.717) is 0 Å². The van der Waals surface area contributed by atoms with Crippen LogP contribution in [0.1, 0.15) is 5.56 Å². The van der Waals surface area contributed by atoms with E-state index in [-0.39, 0.29) is 0 Å².